The van der Waals surface area contributed by atoms with E-state index >= 15 is 0 Å². The fourth-order valence-electron chi connectivity index (χ4n) is 3.66. The molecule has 1 atom stereocenters. The first-order chi connectivity index (χ1) is 13.1. The molecule has 0 spiro atoms. The number of benzene rings is 1. The number of amides is 1. The highest BCUT2D eigenvalue weighted by molar-refractivity contribution is 9.10. The fraction of sp³-hybridized carbons (Fsp3) is 0.250. The van der Waals surface area contributed by atoms with Crippen molar-refractivity contribution in [2.24, 2.45) is 0 Å². The zero-order chi connectivity index (χ0) is 18.5. The number of carbonyl (C=O) groups is 1. The van der Waals surface area contributed by atoms with E-state index in [2.05, 4.69) is 38.5 Å². The van der Waals surface area contributed by atoms with Gasteiger partial charge in [-0.25, -0.2) is 0 Å². The Morgan fingerprint density at radius 1 is 1.19 bits per heavy atom. The van der Waals surface area contributed by atoms with Crippen LogP contribution in [0.25, 0.3) is 11.3 Å². The molecular weight excluding hydrogens is 426 g/mol. The van der Waals surface area contributed by atoms with Crippen molar-refractivity contribution in [2.75, 3.05) is 18.9 Å². The molecule has 0 radical (unpaired) electrons. The lowest BCUT2D eigenvalue weighted by atomic mass is 10.0. The van der Waals surface area contributed by atoms with Crippen LogP contribution in [0.3, 0.4) is 0 Å². The van der Waals surface area contributed by atoms with Gasteiger partial charge in [0.15, 0.2) is 6.17 Å². The van der Waals surface area contributed by atoms with E-state index < -0.39 is 0 Å². The summed E-state index contributed by atoms with van der Waals surface area (Å²) < 4.78 is 7.06. The van der Waals surface area contributed by atoms with Gasteiger partial charge in [-0.1, -0.05) is 28.1 Å². The van der Waals surface area contributed by atoms with E-state index in [-0.39, 0.29) is 12.1 Å². The molecule has 5 rings (SSSR count). The topological polar surface area (TPSA) is 57.5 Å². The highest BCUT2D eigenvalue weighted by Gasteiger charge is 2.33. The predicted octanol–water partition coefficient (Wildman–Crippen LogP) is 4.61. The van der Waals surface area contributed by atoms with Crippen LogP contribution >= 0.6 is 27.3 Å². The number of hydrogen-bond acceptors (Lipinski definition) is 5. The highest BCUT2D eigenvalue weighted by Crippen LogP contribution is 2.41. The van der Waals surface area contributed by atoms with Crippen LogP contribution in [0.1, 0.15) is 32.7 Å². The average Bonchev–Trinajstić information content (AvgIpc) is 3.26. The van der Waals surface area contributed by atoms with Crippen molar-refractivity contribution in [3.63, 3.8) is 0 Å². The summed E-state index contributed by atoms with van der Waals surface area (Å²) in [6.45, 7) is 1.89. The molecule has 1 aromatic carbocycles. The molecule has 1 amide bonds. The van der Waals surface area contributed by atoms with E-state index in [1.54, 1.807) is 11.3 Å². The van der Waals surface area contributed by atoms with Crippen LogP contribution < -0.4 is 10.6 Å². The Labute approximate surface area is 169 Å². The second-order valence-corrected chi connectivity index (χ2v) is 8.98. The van der Waals surface area contributed by atoms with Gasteiger partial charge < -0.3 is 20.0 Å². The van der Waals surface area contributed by atoms with Crippen LogP contribution in [-0.2, 0) is 13.0 Å². The Morgan fingerprint density at radius 3 is 2.81 bits per heavy atom. The third-order valence-corrected chi connectivity index (χ3v) is 6.74. The van der Waals surface area contributed by atoms with E-state index in [1.165, 1.54) is 10.4 Å². The van der Waals surface area contributed by atoms with Gasteiger partial charge in [0.25, 0.3) is 5.91 Å². The van der Waals surface area contributed by atoms with Gasteiger partial charge in [-0.3, -0.25) is 4.79 Å². The third-order valence-electron chi connectivity index (χ3n) is 5.07. The first-order valence-corrected chi connectivity index (χ1v) is 10.5. The first kappa shape index (κ1) is 17.0. The summed E-state index contributed by atoms with van der Waals surface area (Å²) in [5.74, 6) is 1.47. The quantitative estimate of drug-likeness (QED) is 0.606. The standard InChI is InChI=1S/C20H18BrN3O2S/c1-24-9-8-13-16(10-24)27-20-17(13)19(25)22-18(23-20)15-7-6-14(26-15)11-2-4-12(21)5-3-11/h2-7,18,23H,8-10H2,1H3,(H,22,25)/t18-/m1/s1. The van der Waals surface area contributed by atoms with Crippen molar-refractivity contribution < 1.29 is 9.21 Å². The molecule has 4 heterocycles. The second kappa shape index (κ2) is 6.51. The molecule has 2 aliphatic rings. The molecule has 0 fully saturated rings. The van der Waals surface area contributed by atoms with E-state index in [0.717, 1.165) is 45.9 Å². The number of halogens is 1. The van der Waals surface area contributed by atoms with Crippen molar-refractivity contribution >= 4 is 38.2 Å². The van der Waals surface area contributed by atoms with Gasteiger partial charge >= 0.3 is 0 Å². The Hall–Kier alpha value is -2.09. The van der Waals surface area contributed by atoms with Crippen LogP contribution in [-0.4, -0.2) is 24.4 Å². The maximum Gasteiger partial charge on any atom is 0.256 e. The molecule has 2 aliphatic heterocycles. The number of anilines is 1. The smallest absolute Gasteiger partial charge is 0.256 e. The van der Waals surface area contributed by atoms with Gasteiger partial charge in [-0.2, -0.15) is 0 Å². The summed E-state index contributed by atoms with van der Waals surface area (Å²) in [5.41, 5.74) is 3.02. The highest BCUT2D eigenvalue weighted by atomic mass is 79.9. The summed E-state index contributed by atoms with van der Waals surface area (Å²) in [5, 5.41) is 7.46. The Kier molecular flexibility index (Phi) is 4.11. The maximum absolute atomic E-state index is 12.8. The van der Waals surface area contributed by atoms with E-state index in [4.69, 9.17) is 4.42 Å². The van der Waals surface area contributed by atoms with E-state index in [1.807, 2.05) is 36.4 Å². The Bertz CT molecular complexity index is 1020. The summed E-state index contributed by atoms with van der Waals surface area (Å²) in [4.78, 5) is 16.4. The van der Waals surface area contributed by atoms with Gasteiger partial charge in [-0.05, 0) is 43.3 Å². The lowest BCUT2D eigenvalue weighted by Gasteiger charge is -2.26. The van der Waals surface area contributed by atoms with Crippen LogP contribution in [0.4, 0.5) is 5.00 Å². The van der Waals surface area contributed by atoms with Crippen LogP contribution in [0.2, 0.25) is 0 Å². The molecule has 0 saturated heterocycles. The minimum atomic E-state index is -0.355. The van der Waals surface area contributed by atoms with Crippen LogP contribution in [0.15, 0.2) is 45.3 Å². The van der Waals surface area contributed by atoms with Gasteiger partial charge in [0.2, 0.25) is 0 Å². The normalized spacial score (nSPS) is 19.2. The fourth-order valence-corrected chi connectivity index (χ4v) is 5.28. The molecule has 138 valence electrons. The molecule has 7 heteroatoms. The zero-order valence-electron chi connectivity index (χ0n) is 14.7. The molecule has 2 aromatic heterocycles. The molecule has 3 aromatic rings. The van der Waals surface area contributed by atoms with Crippen LogP contribution in [0.5, 0.6) is 0 Å². The van der Waals surface area contributed by atoms with Crippen molar-refractivity contribution in [1.29, 1.82) is 0 Å². The van der Waals surface area contributed by atoms with Crippen LogP contribution in [0, 0.1) is 0 Å². The minimum Gasteiger partial charge on any atom is -0.457 e. The predicted molar refractivity (Wildman–Crippen MR) is 110 cm³/mol. The van der Waals surface area contributed by atoms with Crippen molar-refractivity contribution in [1.82, 2.24) is 10.2 Å². The molecular formula is C20H18BrN3O2S. The molecule has 0 unspecified atom stereocenters. The molecule has 0 aliphatic carbocycles. The number of nitrogens with one attached hydrogen (secondary N) is 2. The summed E-state index contributed by atoms with van der Waals surface area (Å²) >= 11 is 5.13. The Balaban J connectivity index is 1.44. The lowest BCUT2D eigenvalue weighted by Crippen LogP contribution is -2.38. The van der Waals surface area contributed by atoms with Gasteiger partial charge in [0, 0.05) is 28.0 Å². The average molecular weight is 444 g/mol. The van der Waals surface area contributed by atoms with Crippen molar-refractivity contribution in [3.05, 3.63) is 62.6 Å². The maximum atomic E-state index is 12.8. The SMILES string of the molecule is CN1CCc2c(sc3c2C(=O)N[C@@H](c2ccc(-c4ccc(Br)cc4)o2)N3)C1. The summed E-state index contributed by atoms with van der Waals surface area (Å²) in [6.07, 6.45) is 0.568. The molecule has 0 saturated carbocycles. The monoisotopic (exact) mass is 443 g/mol. The van der Waals surface area contributed by atoms with Gasteiger partial charge in [-0.15, -0.1) is 11.3 Å². The summed E-state index contributed by atoms with van der Waals surface area (Å²) in [6, 6.07) is 11.8. The lowest BCUT2D eigenvalue weighted by molar-refractivity contribution is 0.0930. The molecule has 2 N–H and O–H groups in total. The van der Waals surface area contributed by atoms with E-state index in [0.29, 0.717) is 5.76 Å². The second-order valence-electron chi connectivity index (χ2n) is 6.96. The Morgan fingerprint density at radius 2 is 2.00 bits per heavy atom. The van der Waals surface area contributed by atoms with E-state index in [9.17, 15) is 4.79 Å². The molecule has 5 nitrogen and oxygen atoms in total. The first-order valence-electron chi connectivity index (χ1n) is 8.84. The number of nitrogens with zero attached hydrogens (tertiary/aromatic N) is 1. The number of thiophene rings is 1. The van der Waals surface area contributed by atoms with Crippen molar-refractivity contribution in [2.45, 2.75) is 19.1 Å². The van der Waals surface area contributed by atoms with Crippen molar-refractivity contribution in [3.8, 4) is 11.3 Å². The number of rotatable bonds is 2. The molecule has 27 heavy (non-hydrogen) atoms. The van der Waals surface area contributed by atoms with Gasteiger partial charge in [0.1, 0.15) is 16.5 Å². The summed E-state index contributed by atoms with van der Waals surface area (Å²) in [7, 11) is 2.12. The third kappa shape index (κ3) is 2.99. The number of hydrogen-bond donors (Lipinski definition) is 2. The number of carbonyl (C=O) groups excluding carboxylic acids is 1. The van der Waals surface area contributed by atoms with Gasteiger partial charge in [0.05, 0.1) is 5.56 Å². The molecule has 0 bridgehead atoms. The number of furan rings is 1. The zero-order valence-corrected chi connectivity index (χ0v) is 17.1. The minimum absolute atomic E-state index is 0.0163. The number of likely N-dealkylation sites (N-methyl/N-ethyl adjacent to an activating group) is 1. The largest absolute Gasteiger partial charge is 0.457 e. The number of fused-ring (bicyclic) bond motifs is 3.